The topological polar surface area (TPSA) is 12.0 Å². The Morgan fingerprint density at radius 2 is 1.62 bits per heavy atom. The van der Waals surface area contributed by atoms with Crippen LogP contribution in [0.2, 0.25) is 0 Å². The van der Waals surface area contributed by atoms with Crippen LogP contribution in [0, 0.1) is 13.8 Å². The molecular formula is C17H19F2NS. The summed E-state index contributed by atoms with van der Waals surface area (Å²) >= 11 is 0.565. The molecule has 2 rings (SSSR count). The van der Waals surface area contributed by atoms with E-state index in [-0.39, 0.29) is 6.04 Å². The molecule has 21 heavy (non-hydrogen) atoms. The van der Waals surface area contributed by atoms with Crippen LogP contribution in [0.15, 0.2) is 47.4 Å². The lowest BCUT2D eigenvalue weighted by Gasteiger charge is -2.17. The van der Waals surface area contributed by atoms with Crippen molar-refractivity contribution < 1.29 is 8.78 Å². The highest BCUT2D eigenvalue weighted by atomic mass is 32.2. The first-order valence-corrected chi connectivity index (χ1v) is 7.72. The number of aryl methyl sites for hydroxylation is 2. The number of benzene rings is 2. The number of nitrogens with one attached hydrogen (secondary N) is 1. The van der Waals surface area contributed by atoms with Crippen molar-refractivity contribution in [3.63, 3.8) is 0 Å². The van der Waals surface area contributed by atoms with Crippen LogP contribution in [0.1, 0.15) is 29.7 Å². The van der Waals surface area contributed by atoms with Gasteiger partial charge in [-0.05, 0) is 61.7 Å². The highest BCUT2D eigenvalue weighted by Gasteiger charge is 2.08. The molecule has 0 aliphatic heterocycles. The van der Waals surface area contributed by atoms with E-state index in [4.69, 9.17) is 0 Å². The molecule has 0 saturated carbocycles. The predicted molar refractivity (Wildman–Crippen MR) is 86.3 cm³/mol. The van der Waals surface area contributed by atoms with Crippen molar-refractivity contribution in [2.24, 2.45) is 0 Å². The lowest BCUT2D eigenvalue weighted by atomic mass is 10.0. The van der Waals surface area contributed by atoms with E-state index >= 15 is 0 Å². The van der Waals surface area contributed by atoms with Crippen LogP contribution in [0.4, 0.5) is 14.5 Å². The van der Waals surface area contributed by atoms with Crippen LogP contribution in [-0.2, 0) is 0 Å². The second kappa shape index (κ2) is 6.94. The molecule has 0 aliphatic rings. The van der Waals surface area contributed by atoms with E-state index < -0.39 is 5.76 Å². The van der Waals surface area contributed by atoms with E-state index in [1.807, 2.05) is 12.1 Å². The summed E-state index contributed by atoms with van der Waals surface area (Å²) in [5, 5.41) is 3.39. The van der Waals surface area contributed by atoms with Crippen molar-refractivity contribution in [1.29, 1.82) is 0 Å². The lowest BCUT2D eigenvalue weighted by molar-refractivity contribution is 0.252. The van der Waals surface area contributed by atoms with Crippen LogP contribution < -0.4 is 5.32 Å². The molecule has 4 heteroatoms. The SMILES string of the molecule is Cc1ccc(C(C)Nc2ccc(SC(F)F)cc2)cc1C. The maximum Gasteiger partial charge on any atom is 0.288 e. The number of halogens is 2. The molecule has 0 saturated heterocycles. The molecule has 0 spiro atoms. The van der Waals surface area contributed by atoms with Gasteiger partial charge in [-0.2, -0.15) is 8.78 Å². The Bertz CT molecular complexity index is 596. The Balaban J connectivity index is 2.04. The summed E-state index contributed by atoms with van der Waals surface area (Å²) in [5.41, 5.74) is 4.69. The molecule has 0 amide bonds. The van der Waals surface area contributed by atoms with Crippen LogP contribution in [0.5, 0.6) is 0 Å². The maximum atomic E-state index is 12.3. The molecule has 2 aromatic rings. The molecule has 0 aromatic heterocycles. The molecule has 0 fully saturated rings. The minimum Gasteiger partial charge on any atom is -0.379 e. The summed E-state index contributed by atoms with van der Waals surface area (Å²) in [6.07, 6.45) is 0. The van der Waals surface area contributed by atoms with Crippen molar-refractivity contribution in [2.75, 3.05) is 5.32 Å². The van der Waals surface area contributed by atoms with Crippen molar-refractivity contribution in [2.45, 2.75) is 37.5 Å². The van der Waals surface area contributed by atoms with E-state index in [0.717, 1.165) is 5.69 Å². The Hall–Kier alpha value is -1.55. The molecule has 0 radical (unpaired) electrons. The summed E-state index contributed by atoms with van der Waals surface area (Å²) < 4.78 is 24.5. The van der Waals surface area contributed by atoms with Crippen LogP contribution in [0.3, 0.4) is 0 Å². The number of hydrogen-bond acceptors (Lipinski definition) is 2. The zero-order valence-electron chi connectivity index (χ0n) is 12.4. The number of alkyl halides is 2. The Morgan fingerprint density at radius 3 is 2.19 bits per heavy atom. The fraction of sp³-hybridized carbons (Fsp3) is 0.294. The minimum atomic E-state index is -2.38. The molecule has 0 aliphatic carbocycles. The van der Waals surface area contributed by atoms with Crippen LogP contribution in [0.25, 0.3) is 0 Å². The third kappa shape index (κ3) is 4.46. The van der Waals surface area contributed by atoms with Gasteiger partial charge < -0.3 is 5.32 Å². The van der Waals surface area contributed by atoms with Crippen molar-refractivity contribution in [1.82, 2.24) is 0 Å². The average molecular weight is 307 g/mol. The van der Waals surface area contributed by atoms with Crippen molar-refractivity contribution in [3.05, 3.63) is 59.2 Å². The molecule has 0 bridgehead atoms. The first-order chi connectivity index (χ1) is 9.95. The first kappa shape index (κ1) is 15.8. The Morgan fingerprint density at radius 1 is 0.952 bits per heavy atom. The van der Waals surface area contributed by atoms with E-state index in [9.17, 15) is 8.78 Å². The average Bonchev–Trinajstić information content (AvgIpc) is 2.43. The van der Waals surface area contributed by atoms with Crippen molar-refractivity contribution >= 4 is 17.4 Å². The van der Waals surface area contributed by atoms with Gasteiger partial charge in [0.25, 0.3) is 5.76 Å². The number of anilines is 1. The number of rotatable bonds is 5. The normalized spacial score (nSPS) is 12.5. The molecule has 1 N–H and O–H groups in total. The smallest absolute Gasteiger partial charge is 0.288 e. The summed E-state index contributed by atoms with van der Waals surface area (Å²) in [6.45, 7) is 6.28. The zero-order valence-corrected chi connectivity index (χ0v) is 13.2. The Labute approximate surface area is 128 Å². The Kier molecular flexibility index (Phi) is 5.23. The zero-order chi connectivity index (χ0) is 15.4. The summed E-state index contributed by atoms with van der Waals surface area (Å²) in [4.78, 5) is 0.578. The van der Waals surface area contributed by atoms with Gasteiger partial charge in [-0.25, -0.2) is 0 Å². The van der Waals surface area contributed by atoms with E-state index in [0.29, 0.717) is 16.7 Å². The monoisotopic (exact) mass is 307 g/mol. The highest BCUT2D eigenvalue weighted by molar-refractivity contribution is 7.99. The highest BCUT2D eigenvalue weighted by Crippen LogP contribution is 2.27. The van der Waals surface area contributed by atoms with Gasteiger partial charge in [0.2, 0.25) is 0 Å². The first-order valence-electron chi connectivity index (χ1n) is 6.84. The van der Waals surface area contributed by atoms with Crippen molar-refractivity contribution in [3.8, 4) is 0 Å². The van der Waals surface area contributed by atoms with Gasteiger partial charge in [0, 0.05) is 16.6 Å². The van der Waals surface area contributed by atoms with Gasteiger partial charge in [-0.3, -0.25) is 0 Å². The predicted octanol–water partition coefficient (Wildman–Crippen LogP) is 5.79. The third-order valence-corrected chi connectivity index (χ3v) is 4.22. The summed E-state index contributed by atoms with van der Waals surface area (Å²) in [5.74, 6) is -2.38. The second-order valence-electron chi connectivity index (χ2n) is 5.11. The minimum absolute atomic E-state index is 0.165. The van der Waals surface area contributed by atoms with E-state index in [2.05, 4.69) is 44.3 Å². The molecule has 1 atom stereocenters. The fourth-order valence-electron chi connectivity index (χ4n) is 2.10. The van der Waals surface area contributed by atoms with Crippen LogP contribution >= 0.6 is 11.8 Å². The lowest BCUT2D eigenvalue weighted by Crippen LogP contribution is -2.06. The van der Waals surface area contributed by atoms with Gasteiger partial charge >= 0.3 is 0 Å². The molecule has 1 unspecified atom stereocenters. The molecule has 112 valence electrons. The number of hydrogen-bond donors (Lipinski definition) is 1. The number of thioether (sulfide) groups is 1. The van der Waals surface area contributed by atoms with Gasteiger partial charge in [0.05, 0.1) is 0 Å². The van der Waals surface area contributed by atoms with Gasteiger partial charge in [-0.15, -0.1) is 0 Å². The van der Waals surface area contributed by atoms with Crippen LogP contribution in [-0.4, -0.2) is 5.76 Å². The quantitative estimate of drug-likeness (QED) is 0.701. The second-order valence-corrected chi connectivity index (χ2v) is 6.18. The molecule has 0 heterocycles. The maximum absolute atomic E-state index is 12.3. The van der Waals surface area contributed by atoms with Gasteiger partial charge in [-0.1, -0.05) is 30.0 Å². The molecule has 2 aromatic carbocycles. The third-order valence-electron chi connectivity index (χ3n) is 3.49. The molecular weight excluding hydrogens is 288 g/mol. The molecule has 1 nitrogen and oxygen atoms in total. The van der Waals surface area contributed by atoms with E-state index in [1.165, 1.54) is 16.7 Å². The van der Waals surface area contributed by atoms with Gasteiger partial charge in [0.1, 0.15) is 0 Å². The van der Waals surface area contributed by atoms with Gasteiger partial charge in [0.15, 0.2) is 0 Å². The summed E-state index contributed by atoms with van der Waals surface area (Å²) in [7, 11) is 0. The fourth-order valence-corrected chi connectivity index (χ4v) is 2.60. The summed E-state index contributed by atoms with van der Waals surface area (Å²) in [6, 6.07) is 13.7. The largest absolute Gasteiger partial charge is 0.379 e. The standard InChI is InChI=1S/C17H19F2NS/c1-11-4-5-14(10-12(11)2)13(3)20-15-6-8-16(9-7-15)21-17(18)19/h4-10,13,17,20H,1-3H3. The van der Waals surface area contributed by atoms with E-state index in [1.54, 1.807) is 12.1 Å².